The predicted molar refractivity (Wildman–Crippen MR) is 59.9 cm³/mol. The van der Waals surface area contributed by atoms with Gasteiger partial charge in [-0.1, -0.05) is 30.3 Å². The largest absolute Gasteiger partial charge is 0.503 e. The first-order valence-electron chi connectivity index (χ1n) is 4.71. The molecule has 0 bridgehead atoms. The van der Waals surface area contributed by atoms with Crippen molar-refractivity contribution in [2.45, 2.75) is 6.54 Å². The molecule has 1 aromatic carbocycles. The van der Waals surface area contributed by atoms with E-state index in [1.54, 1.807) is 11.3 Å². The Kier molecular flexibility index (Phi) is 6.63. The van der Waals surface area contributed by atoms with Crippen molar-refractivity contribution in [3.8, 4) is 10.4 Å². The zero-order chi connectivity index (χ0) is 12.7. The van der Waals surface area contributed by atoms with Crippen molar-refractivity contribution in [2.24, 2.45) is 5.73 Å². The summed E-state index contributed by atoms with van der Waals surface area (Å²) < 4.78 is 24.5. The normalized spacial score (nSPS) is 9.94. The molecule has 0 atom stereocenters. The van der Waals surface area contributed by atoms with E-state index in [4.69, 9.17) is 16.0 Å². The monoisotopic (exact) mass is 365 g/mol. The van der Waals surface area contributed by atoms with Crippen LogP contribution in [0.1, 0.15) is 5.56 Å². The first-order valence-corrected chi connectivity index (χ1v) is 8.31. The van der Waals surface area contributed by atoms with Crippen molar-refractivity contribution in [2.75, 3.05) is 0 Å². The Labute approximate surface area is 112 Å². The van der Waals surface area contributed by atoms with Crippen LogP contribution in [0.5, 0.6) is 0 Å². The maximum absolute atomic E-state index is 8.68. The van der Waals surface area contributed by atoms with Gasteiger partial charge in [0.15, 0.2) is 0 Å². The summed E-state index contributed by atoms with van der Waals surface area (Å²) in [7, 11) is 0. The Bertz CT molecular complexity index is 414. The molecule has 17 heavy (non-hydrogen) atoms. The lowest BCUT2D eigenvalue weighted by atomic mass is 10.1. The molecule has 4 nitrogen and oxygen atoms in total. The van der Waals surface area contributed by atoms with E-state index in [1.807, 2.05) is 0 Å². The van der Waals surface area contributed by atoms with E-state index in [9.17, 15) is 0 Å². The summed E-state index contributed by atoms with van der Waals surface area (Å²) in [6.45, 7) is 0.616. The molecule has 0 unspecified atom stereocenters. The van der Waals surface area contributed by atoms with Crippen molar-refractivity contribution >= 4 is 11.3 Å². The van der Waals surface area contributed by atoms with E-state index in [-0.39, 0.29) is 0 Å². The molecule has 0 fully saturated rings. The fourth-order valence-corrected chi connectivity index (χ4v) is 1.98. The third-order valence-electron chi connectivity index (χ3n) is 2.00. The molecule has 0 aliphatic carbocycles. The molecule has 92 valence electrons. The second-order valence-corrected chi connectivity index (χ2v) is 5.17. The van der Waals surface area contributed by atoms with Crippen LogP contribution in [0.3, 0.4) is 0 Å². The van der Waals surface area contributed by atoms with Gasteiger partial charge in [-0.2, -0.15) is 0 Å². The van der Waals surface area contributed by atoms with Crippen LogP contribution in [0.25, 0.3) is 10.4 Å². The van der Waals surface area contributed by atoms with E-state index in [2.05, 4.69) is 41.8 Å². The number of hydrogen-bond acceptors (Lipinski definition) is 5. The topological polar surface area (TPSA) is 92.4 Å². The molecular formula is C11H12INO3S. The summed E-state index contributed by atoms with van der Waals surface area (Å²) in [5.74, 6) is 0. The average molecular weight is 365 g/mol. The van der Waals surface area contributed by atoms with Crippen LogP contribution in [0.15, 0.2) is 41.8 Å². The van der Waals surface area contributed by atoms with Gasteiger partial charge >= 0.3 is 21.1 Å². The van der Waals surface area contributed by atoms with E-state index in [1.165, 1.54) is 16.0 Å². The van der Waals surface area contributed by atoms with Crippen LogP contribution in [0.2, 0.25) is 0 Å². The van der Waals surface area contributed by atoms with Gasteiger partial charge in [-0.25, -0.2) is 0 Å². The number of halogens is 1. The molecule has 0 amide bonds. The van der Waals surface area contributed by atoms with E-state index in [0.29, 0.717) is 6.54 Å². The van der Waals surface area contributed by atoms with Gasteiger partial charge in [0, 0.05) is 11.4 Å². The lowest BCUT2D eigenvalue weighted by Gasteiger charge is -1.99. The van der Waals surface area contributed by atoms with Crippen molar-refractivity contribution in [1.29, 1.82) is 0 Å². The number of rotatable bonds is 2. The third kappa shape index (κ3) is 5.57. The lowest BCUT2D eigenvalue weighted by molar-refractivity contribution is -1.63. The van der Waals surface area contributed by atoms with Gasteiger partial charge in [-0.3, -0.25) is 0 Å². The fourth-order valence-electron chi connectivity index (χ4n) is 1.25. The van der Waals surface area contributed by atoms with E-state index in [0.717, 1.165) is 0 Å². The molecule has 1 aromatic heterocycles. The Balaban J connectivity index is 0.000000317. The molecule has 0 aliphatic heterocycles. The predicted octanol–water partition coefficient (Wildman–Crippen LogP) is -3.06. The lowest BCUT2D eigenvalue weighted by Crippen LogP contribution is -3.98. The Morgan fingerprint density at radius 3 is 2.18 bits per heavy atom. The molecule has 0 aliphatic rings. The molecule has 2 rings (SSSR count). The molecule has 0 spiro atoms. The first kappa shape index (κ1) is 14.6. The van der Waals surface area contributed by atoms with E-state index < -0.39 is 21.1 Å². The molecule has 0 radical (unpaired) electrons. The molecule has 0 saturated carbocycles. The number of benzene rings is 1. The van der Waals surface area contributed by atoms with Gasteiger partial charge in [-0.15, -0.1) is 11.3 Å². The maximum atomic E-state index is 8.68. The Hall–Kier alpha value is -0.510. The van der Waals surface area contributed by atoms with Crippen molar-refractivity contribution in [3.63, 3.8) is 0 Å². The summed E-state index contributed by atoms with van der Waals surface area (Å²) in [5, 5.41) is 2.09. The standard InChI is InChI=1S/C11H11NS.HIO3/c12-8-9-3-5-10(6-4-9)11-2-1-7-13-11;2-1(3)4/h1-7H,8,12H2;2H. The van der Waals surface area contributed by atoms with Crippen molar-refractivity contribution in [1.82, 2.24) is 0 Å². The minimum absolute atomic E-state index is 0.616. The van der Waals surface area contributed by atoms with Crippen molar-refractivity contribution in [3.05, 3.63) is 47.3 Å². The van der Waals surface area contributed by atoms with Crippen molar-refractivity contribution < 1.29 is 31.4 Å². The number of hydrogen-bond donors (Lipinski definition) is 2. The van der Waals surface area contributed by atoms with Gasteiger partial charge in [0.05, 0.1) is 0 Å². The summed E-state index contributed by atoms with van der Waals surface area (Å²) in [4.78, 5) is 1.31. The van der Waals surface area contributed by atoms with Gasteiger partial charge in [0.25, 0.3) is 0 Å². The maximum Gasteiger partial charge on any atom is 0.503 e. The second-order valence-electron chi connectivity index (χ2n) is 3.08. The molecule has 1 heterocycles. The highest BCUT2D eigenvalue weighted by atomic mass is 127. The number of thiophene rings is 1. The minimum atomic E-state index is -3.76. The van der Waals surface area contributed by atoms with Crippen LogP contribution in [0, 0.1) is 0 Å². The molecular weight excluding hydrogens is 353 g/mol. The van der Waals surface area contributed by atoms with Crippen LogP contribution >= 0.6 is 11.3 Å². The van der Waals surface area contributed by atoms with Gasteiger partial charge < -0.3 is 12.6 Å². The Morgan fingerprint density at radius 1 is 1.18 bits per heavy atom. The molecule has 0 saturated heterocycles. The van der Waals surface area contributed by atoms with Gasteiger partial charge in [0.1, 0.15) is 0 Å². The fraction of sp³-hybridized carbons (Fsp3) is 0.0909. The molecule has 3 N–H and O–H groups in total. The number of nitrogens with two attached hydrogens (primary N) is 1. The van der Waals surface area contributed by atoms with Crippen LogP contribution in [-0.2, 0) is 6.54 Å². The highest BCUT2D eigenvalue weighted by molar-refractivity contribution is 7.13. The quantitative estimate of drug-likeness (QED) is 0.553. The minimum Gasteiger partial charge on any atom is -0.396 e. The van der Waals surface area contributed by atoms with Crippen LogP contribution < -0.4 is 33.7 Å². The highest BCUT2D eigenvalue weighted by Gasteiger charge is 1.97. The summed E-state index contributed by atoms with van der Waals surface area (Å²) in [6.07, 6.45) is 0. The van der Waals surface area contributed by atoms with Crippen LogP contribution in [0.4, 0.5) is 0 Å². The summed E-state index contributed by atoms with van der Waals surface area (Å²) in [5.41, 5.74) is 7.97. The summed E-state index contributed by atoms with van der Waals surface area (Å²) in [6, 6.07) is 12.6. The van der Waals surface area contributed by atoms with Gasteiger partial charge in [0.2, 0.25) is 0 Å². The van der Waals surface area contributed by atoms with Crippen LogP contribution in [-0.4, -0.2) is 3.44 Å². The smallest absolute Gasteiger partial charge is 0.396 e. The second kappa shape index (κ2) is 7.75. The third-order valence-corrected chi connectivity index (χ3v) is 2.91. The van der Waals surface area contributed by atoms with E-state index >= 15 is 0 Å². The molecule has 6 heteroatoms. The average Bonchev–Trinajstić information content (AvgIpc) is 2.82. The SMILES string of the molecule is NCc1ccc(-c2cccs2)cc1.[O-][I+2]([O-])O. The first-order chi connectivity index (χ1) is 8.13. The zero-order valence-electron chi connectivity index (χ0n) is 8.88. The highest BCUT2D eigenvalue weighted by Crippen LogP contribution is 2.24. The molecule has 2 aromatic rings. The summed E-state index contributed by atoms with van der Waals surface area (Å²) >= 11 is -2.01. The zero-order valence-corrected chi connectivity index (χ0v) is 11.8. The van der Waals surface area contributed by atoms with Gasteiger partial charge in [-0.05, 0) is 26.0 Å². The Morgan fingerprint density at radius 2 is 1.76 bits per heavy atom.